The van der Waals surface area contributed by atoms with Crippen LogP contribution in [0.3, 0.4) is 0 Å². The number of aryl methyl sites for hydroxylation is 2. The van der Waals surface area contributed by atoms with E-state index in [2.05, 4.69) is 10.6 Å². The molecule has 0 bridgehead atoms. The van der Waals surface area contributed by atoms with Gasteiger partial charge >= 0.3 is 5.97 Å². The third-order valence-corrected chi connectivity index (χ3v) is 5.35. The van der Waals surface area contributed by atoms with Crippen molar-refractivity contribution in [2.24, 2.45) is 0 Å². The molecule has 27 heavy (non-hydrogen) atoms. The van der Waals surface area contributed by atoms with Crippen molar-refractivity contribution in [2.75, 3.05) is 17.2 Å². The molecule has 0 unspecified atom stereocenters. The molecule has 2 amide bonds. The molecular formula is C20H20N2O4S. The smallest absolute Gasteiger partial charge is 0.307 e. The molecule has 0 saturated carbocycles. The summed E-state index contributed by atoms with van der Waals surface area (Å²) in [7, 11) is 0. The molecule has 0 spiro atoms. The van der Waals surface area contributed by atoms with Crippen molar-refractivity contribution in [3.8, 4) is 0 Å². The van der Waals surface area contributed by atoms with Crippen LogP contribution in [0.25, 0.3) is 0 Å². The zero-order valence-corrected chi connectivity index (χ0v) is 15.9. The molecule has 140 valence electrons. The van der Waals surface area contributed by atoms with E-state index < -0.39 is 17.1 Å². The molecule has 0 aromatic heterocycles. The van der Waals surface area contributed by atoms with Crippen molar-refractivity contribution >= 4 is 40.9 Å². The van der Waals surface area contributed by atoms with Crippen LogP contribution in [0, 0.1) is 13.8 Å². The lowest BCUT2D eigenvalue weighted by molar-refractivity contribution is -0.147. The average Bonchev–Trinajstić information content (AvgIpc) is 2.63. The number of anilines is 2. The van der Waals surface area contributed by atoms with Crippen LogP contribution in [0.1, 0.15) is 17.5 Å². The van der Waals surface area contributed by atoms with E-state index in [-0.39, 0.29) is 18.9 Å². The van der Waals surface area contributed by atoms with Gasteiger partial charge in [0.1, 0.15) is 0 Å². The van der Waals surface area contributed by atoms with Gasteiger partial charge in [0, 0.05) is 10.6 Å². The van der Waals surface area contributed by atoms with Crippen molar-refractivity contribution in [1.82, 2.24) is 0 Å². The summed E-state index contributed by atoms with van der Waals surface area (Å²) >= 11 is 1.32. The number of benzene rings is 2. The number of para-hydroxylation sites is 1. The first-order chi connectivity index (χ1) is 12.9. The Morgan fingerprint density at radius 2 is 1.96 bits per heavy atom. The van der Waals surface area contributed by atoms with E-state index in [0.717, 1.165) is 21.7 Å². The highest BCUT2D eigenvalue weighted by Crippen LogP contribution is 2.36. The number of fused-ring (bicyclic) bond motifs is 1. The molecule has 0 saturated heterocycles. The Bertz CT molecular complexity index is 897. The minimum absolute atomic E-state index is 0.0956. The van der Waals surface area contributed by atoms with Gasteiger partial charge in [-0.2, -0.15) is 0 Å². The lowest BCUT2D eigenvalue weighted by atomic mass is 10.1. The van der Waals surface area contributed by atoms with E-state index in [0.29, 0.717) is 5.69 Å². The summed E-state index contributed by atoms with van der Waals surface area (Å²) in [5.74, 6) is -1.24. The van der Waals surface area contributed by atoms with E-state index >= 15 is 0 Å². The SMILES string of the molecule is Cc1ccc(NC(=O)COC(=O)C[C@H]2Sc3ccccc3NC2=O)c(C)c1. The van der Waals surface area contributed by atoms with E-state index in [1.165, 1.54) is 11.8 Å². The van der Waals surface area contributed by atoms with Crippen LogP contribution >= 0.6 is 11.8 Å². The van der Waals surface area contributed by atoms with Crippen molar-refractivity contribution in [3.05, 3.63) is 53.6 Å². The summed E-state index contributed by atoms with van der Waals surface area (Å²) in [4.78, 5) is 37.1. The number of hydrogen-bond donors (Lipinski definition) is 2. The molecule has 1 aliphatic rings. The number of amides is 2. The Kier molecular flexibility index (Phi) is 5.81. The van der Waals surface area contributed by atoms with Crippen LogP contribution in [0.5, 0.6) is 0 Å². The lowest BCUT2D eigenvalue weighted by Gasteiger charge is -2.23. The number of ether oxygens (including phenoxy) is 1. The molecule has 1 heterocycles. The zero-order valence-electron chi connectivity index (χ0n) is 15.1. The first kappa shape index (κ1) is 19.0. The highest BCUT2D eigenvalue weighted by molar-refractivity contribution is 8.01. The van der Waals surface area contributed by atoms with Gasteiger partial charge in [0.25, 0.3) is 5.91 Å². The number of carbonyl (C=O) groups excluding carboxylic acids is 3. The molecule has 1 aliphatic heterocycles. The minimum atomic E-state index is -0.585. The highest BCUT2D eigenvalue weighted by Gasteiger charge is 2.29. The average molecular weight is 384 g/mol. The number of hydrogen-bond acceptors (Lipinski definition) is 5. The number of thioether (sulfide) groups is 1. The van der Waals surface area contributed by atoms with Gasteiger partial charge in [0.05, 0.1) is 17.4 Å². The van der Waals surface area contributed by atoms with Crippen molar-refractivity contribution in [3.63, 3.8) is 0 Å². The number of rotatable bonds is 5. The van der Waals surface area contributed by atoms with Crippen LogP contribution in [0.15, 0.2) is 47.4 Å². The van der Waals surface area contributed by atoms with Gasteiger partial charge in [-0.1, -0.05) is 29.8 Å². The summed E-state index contributed by atoms with van der Waals surface area (Å²) in [6, 6.07) is 13.1. The summed E-state index contributed by atoms with van der Waals surface area (Å²) in [5, 5.41) is 4.92. The van der Waals surface area contributed by atoms with Gasteiger partial charge in [-0.15, -0.1) is 11.8 Å². The molecule has 2 aromatic rings. The minimum Gasteiger partial charge on any atom is -0.456 e. The molecule has 6 nitrogen and oxygen atoms in total. The fourth-order valence-electron chi connectivity index (χ4n) is 2.72. The third-order valence-electron chi connectivity index (χ3n) is 4.08. The van der Waals surface area contributed by atoms with Crippen molar-refractivity contribution in [1.29, 1.82) is 0 Å². The Labute approximate surface area is 161 Å². The van der Waals surface area contributed by atoms with E-state index in [1.807, 2.05) is 56.3 Å². The number of nitrogens with one attached hydrogen (secondary N) is 2. The molecule has 0 fully saturated rings. The maximum atomic E-state index is 12.1. The van der Waals surface area contributed by atoms with Gasteiger partial charge in [-0.3, -0.25) is 14.4 Å². The predicted octanol–water partition coefficient (Wildman–Crippen LogP) is 3.29. The number of esters is 1. The van der Waals surface area contributed by atoms with Crippen molar-refractivity contribution < 1.29 is 19.1 Å². The first-order valence-electron chi connectivity index (χ1n) is 8.51. The van der Waals surface area contributed by atoms with Crippen LogP contribution in [0.2, 0.25) is 0 Å². The van der Waals surface area contributed by atoms with Gasteiger partial charge in [0.2, 0.25) is 5.91 Å². The van der Waals surface area contributed by atoms with Gasteiger partial charge in [-0.25, -0.2) is 0 Å². The van der Waals surface area contributed by atoms with E-state index in [1.54, 1.807) is 0 Å². The second kappa shape index (κ2) is 8.26. The summed E-state index contributed by atoms with van der Waals surface area (Å²) in [5.41, 5.74) is 3.45. The lowest BCUT2D eigenvalue weighted by Crippen LogP contribution is -2.32. The molecule has 0 aliphatic carbocycles. The topological polar surface area (TPSA) is 84.5 Å². The van der Waals surface area contributed by atoms with Gasteiger partial charge < -0.3 is 15.4 Å². The maximum Gasteiger partial charge on any atom is 0.307 e. The van der Waals surface area contributed by atoms with Gasteiger partial charge in [0.15, 0.2) is 6.61 Å². The Hall–Kier alpha value is -2.80. The molecule has 3 rings (SSSR count). The second-order valence-corrected chi connectivity index (χ2v) is 7.57. The molecule has 0 radical (unpaired) electrons. The second-order valence-electron chi connectivity index (χ2n) is 6.32. The van der Waals surface area contributed by atoms with Crippen molar-refractivity contribution in [2.45, 2.75) is 30.4 Å². The standard InChI is InChI=1S/C20H20N2O4S/c1-12-7-8-14(13(2)9-12)21-18(23)11-26-19(24)10-17-20(25)22-15-5-3-4-6-16(15)27-17/h3-9,17H,10-11H2,1-2H3,(H,21,23)(H,22,25)/t17-/m1/s1. The van der Waals surface area contributed by atoms with Crippen LogP contribution in [0.4, 0.5) is 11.4 Å². The Morgan fingerprint density at radius 1 is 1.19 bits per heavy atom. The van der Waals surface area contributed by atoms with Crippen LogP contribution in [-0.4, -0.2) is 29.6 Å². The van der Waals surface area contributed by atoms with E-state index in [4.69, 9.17) is 4.74 Å². The molecular weight excluding hydrogens is 364 g/mol. The normalized spacial score (nSPS) is 15.5. The Balaban J connectivity index is 1.49. The zero-order chi connectivity index (χ0) is 19.4. The summed E-state index contributed by atoms with van der Waals surface area (Å²) in [6.45, 7) is 3.48. The molecule has 2 aromatic carbocycles. The fourth-order valence-corrected chi connectivity index (χ4v) is 3.82. The Morgan fingerprint density at radius 3 is 2.74 bits per heavy atom. The highest BCUT2D eigenvalue weighted by atomic mass is 32.2. The van der Waals surface area contributed by atoms with Crippen LogP contribution in [-0.2, 0) is 19.1 Å². The first-order valence-corrected chi connectivity index (χ1v) is 9.39. The molecule has 2 N–H and O–H groups in total. The summed E-state index contributed by atoms with van der Waals surface area (Å²) < 4.78 is 5.03. The third kappa shape index (κ3) is 4.89. The number of carbonyl (C=O) groups is 3. The fraction of sp³-hybridized carbons (Fsp3) is 0.250. The predicted molar refractivity (Wildman–Crippen MR) is 105 cm³/mol. The van der Waals surface area contributed by atoms with E-state index in [9.17, 15) is 14.4 Å². The molecule has 7 heteroatoms. The summed E-state index contributed by atoms with van der Waals surface area (Å²) in [6.07, 6.45) is -0.0956. The quantitative estimate of drug-likeness (QED) is 0.773. The monoisotopic (exact) mass is 384 g/mol. The maximum absolute atomic E-state index is 12.1. The van der Waals surface area contributed by atoms with Crippen LogP contribution < -0.4 is 10.6 Å². The van der Waals surface area contributed by atoms with Gasteiger partial charge in [-0.05, 0) is 37.6 Å². The molecule has 1 atom stereocenters. The largest absolute Gasteiger partial charge is 0.456 e.